The first-order valence-corrected chi connectivity index (χ1v) is 6.43. The highest BCUT2D eigenvalue weighted by Gasteiger charge is 2.31. The van der Waals surface area contributed by atoms with E-state index < -0.39 is 0 Å². The number of hydrogen-bond donors (Lipinski definition) is 1. The van der Waals surface area contributed by atoms with Crippen molar-refractivity contribution in [2.75, 3.05) is 26.2 Å². The Morgan fingerprint density at radius 2 is 2.18 bits per heavy atom. The molecule has 3 heteroatoms. The van der Waals surface area contributed by atoms with E-state index in [2.05, 4.69) is 30.0 Å². The quantitative estimate of drug-likeness (QED) is 0.838. The van der Waals surface area contributed by atoms with E-state index in [9.17, 15) is 0 Å². The topological polar surface area (TPSA) is 38.5 Å². The van der Waals surface area contributed by atoms with Crippen LogP contribution in [0.5, 0.6) is 5.75 Å². The second-order valence-corrected chi connectivity index (χ2v) is 5.41. The predicted octanol–water partition coefficient (Wildman–Crippen LogP) is 1.44. The van der Waals surface area contributed by atoms with Gasteiger partial charge in [-0.1, -0.05) is 25.1 Å². The van der Waals surface area contributed by atoms with Gasteiger partial charge in [-0.05, 0) is 12.0 Å². The van der Waals surface area contributed by atoms with Gasteiger partial charge in [0, 0.05) is 37.2 Å². The molecule has 1 aromatic carbocycles. The van der Waals surface area contributed by atoms with Crippen LogP contribution in [0.2, 0.25) is 0 Å². The molecule has 1 fully saturated rings. The Labute approximate surface area is 103 Å². The second-order valence-electron chi connectivity index (χ2n) is 5.41. The maximum Gasteiger partial charge on any atom is 0.122 e. The number of fused-ring (bicyclic) bond motifs is 1. The molecule has 1 aromatic rings. The maximum absolute atomic E-state index is 6.06. The van der Waals surface area contributed by atoms with Crippen LogP contribution >= 0.6 is 0 Å². The molecule has 3 nitrogen and oxygen atoms in total. The van der Waals surface area contributed by atoms with Gasteiger partial charge >= 0.3 is 0 Å². The average molecular weight is 232 g/mol. The molecule has 0 aromatic heterocycles. The van der Waals surface area contributed by atoms with Crippen molar-refractivity contribution < 1.29 is 4.74 Å². The third kappa shape index (κ3) is 2.05. The minimum absolute atomic E-state index is 0.340. The molecule has 0 spiro atoms. The molecule has 0 bridgehead atoms. The molecule has 0 amide bonds. The van der Waals surface area contributed by atoms with Gasteiger partial charge in [-0.3, -0.25) is 0 Å². The largest absolute Gasteiger partial charge is 0.493 e. The van der Waals surface area contributed by atoms with Gasteiger partial charge in [-0.2, -0.15) is 0 Å². The Balaban J connectivity index is 1.68. The number of ether oxygens (including phenoxy) is 1. The van der Waals surface area contributed by atoms with Crippen LogP contribution in [0, 0.1) is 5.92 Å². The van der Waals surface area contributed by atoms with E-state index in [1.807, 2.05) is 6.07 Å². The van der Waals surface area contributed by atoms with Crippen molar-refractivity contribution in [3.8, 4) is 5.75 Å². The zero-order valence-corrected chi connectivity index (χ0v) is 10.3. The molecule has 92 valence electrons. The van der Waals surface area contributed by atoms with Gasteiger partial charge in [0.25, 0.3) is 0 Å². The summed E-state index contributed by atoms with van der Waals surface area (Å²) in [6.07, 6.45) is 0. The normalized spacial score (nSPS) is 32.5. The Kier molecular flexibility index (Phi) is 2.81. The molecule has 0 radical (unpaired) electrons. The molecule has 3 unspecified atom stereocenters. The van der Waals surface area contributed by atoms with E-state index in [-0.39, 0.29) is 0 Å². The molecule has 2 aliphatic heterocycles. The first kappa shape index (κ1) is 11.1. The number of benzene rings is 1. The Hall–Kier alpha value is -1.06. The number of rotatable bonds is 2. The van der Waals surface area contributed by atoms with Gasteiger partial charge in [-0.25, -0.2) is 0 Å². The summed E-state index contributed by atoms with van der Waals surface area (Å²) in [4.78, 5) is 2.48. The average Bonchev–Trinajstić information content (AvgIpc) is 2.85. The van der Waals surface area contributed by atoms with Crippen molar-refractivity contribution in [2.24, 2.45) is 11.7 Å². The number of nitrogens with zero attached hydrogens (tertiary/aromatic N) is 1. The molecule has 17 heavy (non-hydrogen) atoms. The molecular formula is C14H20N2O. The van der Waals surface area contributed by atoms with E-state index in [0.29, 0.717) is 17.9 Å². The highest BCUT2D eigenvalue weighted by molar-refractivity contribution is 5.39. The Bertz CT molecular complexity index is 397. The van der Waals surface area contributed by atoms with Crippen LogP contribution < -0.4 is 10.5 Å². The van der Waals surface area contributed by atoms with Gasteiger partial charge in [0.05, 0.1) is 6.61 Å². The van der Waals surface area contributed by atoms with Crippen LogP contribution in [-0.4, -0.2) is 37.2 Å². The lowest BCUT2D eigenvalue weighted by molar-refractivity contribution is 0.262. The van der Waals surface area contributed by atoms with E-state index in [0.717, 1.165) is 32.0 Å². The van der Waals surface area contributed by atoms with Crippen LogP contribution in [0.1, 0.15) is 18.4 Å². The molecule has 0 aliphatic carbocycles. The highest BCUT2D eigenvalue weighted by atomic mass is 16.5. The third-order valence-electron chi connectivity index (χ3n) is 4.02. The Morgan fingerprint density at radius 1 is 1.35 bits per heavy atom. The van der Waals surface area contributed by atoms with E-state index in [1.54, 1.807) is 0 Å². The summed E-state index contributed by atoms with van der Waals surface area (Å²) >= 11 is 0. The minimum atomic E-state index is 0.340. The lowest BCUT2D eigenvalue weighted by atomic mass is 10.0. The van der Waals surface area contributed by atoms with E-state index in [1.165, 1.54) is 5.56 Å². The summed E-state index contributed by atoms with van der Waals surface area (Å²) in [5, 5.41) is 0. The summed E-state index contributed by atoms with van der Waals surface area (Å²) in [7, 11) is 0. The van der Waals surface area contributed by atoms with Crippen molar-refractivity contribution in [3.05, 3.63) is 29.8 Å². The van der Waals surface area contributed by atoms with Crippen LogP contribution in [0.15, 0.2) is 24.3 Å². The molecule has 2 heterocycles. The molecule has 2 aliphatic rings. The third-order valence-corrected chi connectivity index (χ3v) is 4.02. The number of para-hydroxylation sites is 1. The van der Waals surface area contributed by atoms with Crippen molar-refractivity contribution >= 4 is 0 Å². The zero-order chi connectivity index (χ0) is 11.8. The van der Waals surface area contributed by atoms with Crippen LogP contribution in [0.4, 0.5) is 0 Å². The van der Waals surface area contributed by atoms with Crippen molar-refractivity contribution in [1.29, 1.82) is 0 Å². The number of likely N-dealkylation sites (tertiary alicyclic amines) is 1. The standard InChI is InChI=1S/C14H20N2O/c1-10-6-16(8-13(10)15)7-11-9-17-14-5-3-2-4-12(11)14/h2-5,10-11,13H,6-9,15H2,1H3. The smallest absolute Gasteiger partial charge is 0.122 e. The molecule has 3 atom stereocenters. The van der Waals surface area contributed by atoms with Gasteiger partial charge in [0.15, 0.2) is 0 Å². The lowest BCUT2D eigenvalue weighted by Gasteiger charge is -2.19. The first-order chi connectivity index (χ1) is 8.24. The molecular weight excluding hydrogens is 212 g/mol. The van der Waals surface area contributed by atoms with Crippen LogP contribution in [0.25, 0.3) is 0 Å². The molecule has 0 saturated carbocycles. The summed E-state index contributed by atoms with van der Waals surface area (Å²) in [5.41, 5.74) is 7.43. The fourth-order valence-electron chi connectivity index (χ4n) is 2.94. The minimum Gasteiger partial charge on any atom is -0.493 e. The van der Waals surface area contributed by atoms with E-state index >= 15 is 0 Å². The zero-order valence-electron chi connectivity index (χ0n) is 10.3. The van der Waals surface area contributed by atoms with Crippen LogP contribution in [0.3, 0.4) is 0 Å². The van der Waals surface area contributed by atoms with E-state index in [4.69, 9.17) is 10.5 Å². The Morgan fingerprint density at radius 3 is 2.94 bits per heavy atom. The summed E-state index contributed by atoms with van der Waals surface area (Å²) in [5.74, 6) is 2.20. The predicted molar refractivity (Wildman–Crippen MR) is 68.3 cm³/mol. The van der Waals surface area contributed by atoms with Crippen molar-refractivity contribution in [3.63, 3.8) is 0 Å². The SMILES string of the molecule is CC1CN(CC2COc3ccccc32)CC1N. The first-order valence-electron chi connectivity index (χ1n) is 6.43. The van der Waals surface area contributed by atoms with Crippen molar-refractivity contribution in [1.82, 2.24) is 4.90 Å². The fourth-order valence-corrected chi connectivity index (χ4v) is 2.94. The summed E-state index contributed by atoms with van der Waals surface area (Å²) in [6.45, 7) is 6.29. The summed E-state index contributed by atoms with van der Waals surface area (Å²) in [6, 6.07) is 8.72. The number of hydrogen-bond acceptors (Lipinski definition) is 3. The number of nitrogens with two attached hydrogens (primary N) is 1. The highest BCUT2D eigenvalue weighted by Crippen LogP contribution is 2.34. The fraction of sp³-hybridized carbons (Fsp3) is 0.571. The van der Waals surface area contributed by atoms with Gasteiger partial charge in [-0.15, -0.1) is 0 Å². The monoisotopic (exact) mass is 232 g/mol. The molecule has 3 rings (SSSR count). The van der Waals surface area contributed by atoms with Crippen molar-refractivity contribution in [2.45, 2.75) is 18.9 Å². The lowest BCUT2D eigenvalue weighted by Crippen LogP contribution is -2.31. The summed E-state index contributed by atoms with van der Waals surface area (Å²) < 4.78 is 5.72. The second kappa shape index (κ2) is 4.31. The maximum atomic E-state index is 6.06. The molecule has 2 N–H and O–H groups in total. The molecule has 1 saturated heterocycles. The van der Waals surface area contributed by atoms with Gasteiger partial charge in [0.1, 0.15) is 5.75 Å². The van der Waals surface area contributed by atoms with Gasteiger partial charge < -0.3 is 15.4 Å². The van der Waals surface area contributed by atoms with Gasteiger partial charge in [0.2, 0.25) is 0 Å². The van der Waals surface area contributed by atoms with Crippen LogP contribution in [-0.2, 0) is 0 Å².